The quantitative estimate of drug-likeness (QED) is 0.391. The molecule has 3 rings (SSSR count). The van der Waals surface area contributed by atoms with Gasteiger partial charge in [-0.3, -0.25) is 9.36 Å². The summed E-state index contributed by atoms with van der Waals surface area (Å²) in [7, 11) is 0. The van der Waals surface area contributed by atoms with Gasteiger partial charge in [-0.15, -0.1) is 0 Å². The van der Waals surface area contributed by atoms with Gasteiger partial charge in [-0.2, -0.15) is 0 Å². The van der Waals surface area contributed by atoms with E-state index in [-0.39, 0.29) is 11.4 Å². The summed E-state index contributed by atoms with van der Waals surface area (Å²) < 4.78 is 1.64. The molecule has 1 saturated carbocycles. The number of amidine groups is 1. The van der Waals surface area contributed by atoms with Crippen molar-refractivity contribution in [3.63, 3.8) is 0 Å². The second kappa shape index (κ2) is 5.09. The second-order valence-electron chi connectivity index (χ2n) is 5.49. The fraction of sp³-hybridized carbons (Fsp3) is 0.250. The summed E-state index contributed by atoms with van der Waals surface area (Å²) in [5.74, 6) is 1.03. The molecule has 0 radical (unpaired) electrons. The van der Waals surface area contributed by atoms with Gasteiger partial charge in [0, 0.05) is 23.0 Å². The van der Waals surface area contributed by atoms with E-state index in [0.717, 1.165) is 17.7 Å². The first-order valence-corrected chi connectivity index (χ1v) is 6.91. The maximum atomic E-state index is 12.5. The molecule has 0 bridgehead atoms. The van der Waals surface area contributed by atoms with E-state index in [0.29, 0.717) is 17.4 Å². The number of aromatic nitrogens is 1. The minimum atomic E-state index is 0.0309. The van der Waals surface area contributed by atoms with Gasteiger partial charge in [-0.25, -0.2) is 0 Å². The van der Waals surface area contributed by atoms with Gasteiger partial charge in [0.25, 0.3) is 5.56 Å². The Morgan fingerprint density at radius 3 is 2.57 bits per heavy atom. The second-order valence-corrected chi connectivity index (χ2v) is 5.49. The minimum Gasteiger partial charge on any atom is -0.409 e. The van der Waals surface area contributed by atoms with Gasteiger partial charge < -0.3 is 10.9 Å². The summed E-state index contributed by atoms with van der Waals surface area (Å²) in [4.78, 5) is 12.5. The van der Waals surface area contributed by atoms with Crippen molar-refractivity contribution in [3.8, 4) is 5.69 Å². The van der Waals surface area contributed by atoms with E-state index in [4.69, 9.17) is 10.9 Å². The van der Waals surface area contributed by atoms with Crippen molar-refractivity contribution >= 4 is 5.84 Å². The maximum Gasteiger partial charge on any atom is 0.258 e. The van der Waals surface area contributed by atoms with Gasteiger partial charge in [0.15, 0.2) is 5.84 Å². The lowest BCUT2D eigenvalue weighted by Crippen LogP contribution is -2.21. The molecular weight excluding hydrogens is 266 g/mol. The maximum absolute atomic E-state index is 12.5. The molecule has 0 spiro atoms. The largest absolute Gasteiger partial charge is 0.409 e. The Balaban J connectivity index is 1.99. The summed E-state index contributed by atoms with van der Waals surface area (Å²) >= 11 is 0. The van der Waals surface area contributed by atoms with Crippen LogP contribution in [0.4, 0.5) is 0 Å². The Morgan fingerprint density at radius 1 is 1.33 bits per heavy atom. The number of nitrogens with zero attached hydrogens (tertiary/aromatic N) is 2. The van der Waals surface area contributed by atoms with Crippen LogP contribution in [0, 0.1) is 5.92 Å². The average Bonchev–Trinajstić information content (AvgIpc) is 3.23. The third-order valence-corrected chi connectivity index (χ3v) is 4.03. The van der Waals surface area contributed by atoms with Crippen LogP contribution in [0.5, 0.6) is 0 Å². The first-order chi connectivity index (χ1) is 10.1. The van der Waals surface area contributed by atoms with Crippen molar-refractivity contribution < 1.29 is 5.21 Å². The van der Waals surface area contributed by atoms with Crippen LogP contribution in [0.15, 0.2) is 52.5 Å². The molecule has 1 aromatic heterocycles. The van der Waals surface area contributed by atoms with Crippen molar-refractivity contribution in [2.24, 2.45) is 16.8 Å². The SMILES string of the molecule is CC1C[C@@H]1c1cccn(-c2ccc(/C(N)=N/O)cc2)c1=O. The molecule has 0 saturated heterocycles. The van der Waals surface area contributed by atoms with Gasteiger partial charge in [-0.1, -0.05) is 18.1 Å². The standard InChI is InChI=1S/C16H17N3O2/c1-10-9-14(10)13-3-2-8-19(16(13)20)12-6-4-11(5-7-12)15(17)18-21/h2-8,10,14,21H,9H2,1H3,(H2,17,18)/t10?,14-/m0/s1. The van der Waals surface area contributed by atoms with E-state index >= 15 is 0 Å². The molecule has 5 heteroatoms. The third-order valence-electron chi connectivity index (χ3n) is 4.03. The van der Waals surface area contributed by atoms with E-state index in [1.54, 1.807) is 35.0 Å². The Hall–Kier alpha value is -2.56. The predicted molar refractivity (Wildman–Crippen MR) is 81.1 cm³/mol. The lowest BCUT2D eigenvalue weighted by molar-refractivity contribution is 0.318. The number of nitrogens with two attached hydrogens (primary N) is 1. The van der Waals surface area contributed by atoms with Gasteiger partial charge in [0.05, 0.1) is 0 Å². The number of pyridine rings is 1. The van der Waals surface area contributed by atoms with E-state index in [2.05, 4.69) is 12.1 Å². The molecule has 1 unspecified atom stereocenters. The lowest BCUT2D eigenvalue weighted by atomic mass is 10.1. The molecule has 1 heterocycles. The normalized spacial score (nSPS) is 21.3. The molecule has 3 N–H and O–H groups in total. The van der Waals surface area contributed by atoms with Crippen molar-refractivity contribution in [1.29, 1.82) is 0 Å². The van der Waals surface area contributed by atoms with Crippen molar-refractivity contribution in [2.75, 3.05) is 0 Å². The fourth-order valence-electron chi connectivity index (χ4n) is 2.60. The monoisotopic (exact) mass is 283 g/mol. The topological polar surface area (TPSA) is 80.6 Å². The van der Waals surface area contributed by atoms with Crippen LogP contribution in [0.25, 0.3) is 5.69 Å². The number of hydrogen-bond acceptors (Lipinski definition) is 3. The summed E-state index contributed by atoms with van der Waals surface area (Å²) in [5.41, 5.74) is 7.82. The van der Waals surface area contributed by atoms with E-state index in [9.17, 15) is 4.79 Å². The zero-order valence-electron chi connectivity index (χ0n) is 11.7. The van der Waals surface area contributed by atoms with Gasteiger partial charge in [-0.05, 0) is 48.6 Å². The molecule has 1 aromatic carbocycles. The van der Waals surface area contributed by atoms with Crippen molar-refractivity contribution in [3.05, 3.63) is 64.1 Å². The van der Waals surface area contributed by atoms with Crippen LogP contribution in [-0.2, 0) is 0 Å². The van der Waals surface area contributed by atoms with Crippen LogP contribution in [0.2, 0.25) is 0 Å². The summed E-state index contributed by atoms with van der Waals surface area (Å²) in [5, 5.41) is 11.6. The average molecular weight is 283 g/mol. The smallest absolute Gasteiger partial charge is 0.258 e. The number of benzene rings is 1. The molecule has 21 heavy (non-hydrogen) atoms. The van der Waals surface area contributed by atoms with Crippen LogP contribution >= 0.6 is 0 Å². The molecule has 2 aromatic rings. The summed E-state index contributed by atoms with van der Waals surface area (Å²) in [6, 6.07) is 10.8. The zero-order chi connectivity index (χ0) is 15.0. The van der Waals surface area contributed by atoms with E-state index in [1.165, 1.54) is 0 Å². The van der Waals surface area contributed by atoms with Crippen LogP contribution < -0.4 is 11.3 Å². The molecule has 0 aliphatic heterocycles. The summed E-state index contributed by atoms with van der Waals surface area (Å²) in [6.45, 7) is 2.16. The Morgan fingerprint density at radius 2 is 2.00 bits per heavy atom. The fourth-order valence-corrected chi connectivity index (χ4v) is 2.60. The van der Waals surface area contributed by atoms with Gasteiger partial charge in [0.1, 0.15) is 0 Å². The van der Waals surface area contributed by atoms with E-state index < -0.39 is 0 Å². The van der Waals surface area contributed by atoms with Crippen LogP contribution in [0.3, 0.4) is 0 Å². The highest BCUT2D eigenvalue weighted by molar-refractivity contribution is 5.97. The Bertz CT molecular complexity index is 747. The number of oxime groups is 1. The highest BCUT2D eigenvalue weighted by Gasteiger charge is 2.36. The van der Waals surface area contributed by atoms with Gasteiger partial charge in [0.2, 0.25) is 0 Å². The minimum absolute atomic E-state index is 0.0309. The van der Waals surface area contributed by atoms with Crippen LogP contribution in [-0.4, -0.2) is 15.6 Å². The lowest BCUT2D eigenvalue weighted by Gasteiger charge is -2.08. The highest BCUT2D eigenvalue weighted by Crippen LogP contribution is 2.45. The molecule has 0 amide bonds. The Labute approximate surface area is 122 Å². The molecule has 1 fully saturated rings. The summed E-state index contributed by atoms with van der Waals surface area (Å²) in [6.07, 6.45) is 2.85. The van der Waals surface area contributed by atoms with Crippen LogP contribution in [0.1, 0.15) is 30.4 Å². The number of rotatable bonds is 3. The predicted octanol–water partition coefficient (Wildman–Crippen LogP) is 2.06. The highest BCUT2D eigenvalue weighted by atomic mass is 16.4. The molecule has 1 aliphatic carbocycles. The number of hydrogen-bond donors (Lipinski definition) is 2. The molecular formula is C16H17N3O2. The van der Waals surface area contributed by atoms with Gasteiger partial charge >= 0.3 is 0 Å². The zero-order valence-corrected chi connectivity index (χ0v) is 11.7. The van der Waals surface area contributed by atoms with Crippen molar-refractivity contribution in [2.45, 2.75) is 19.3 Å². The van der Waals surface area contributed by atoms with Crippen molar-refractivity contribution in [1.82, 2.24) is 4.57 Å². The molecule has 5 nitrogen and oxygen atoms in total. The molecule has 2 atom stereocenters. The first kappa shape index (κ1) is 13.4. The molecule has 108 valence electrons. The first-order valence-electron chi connectivity index (χ1n) is 6.91. The third kappa shape index (κ3) is 2.42. The molecule has 1 aliphatic rings. The Kier molecular flexibility index (Phi) is 3.25. The van der Waals surface area contributed by atoms with E-state index in [1.807, 2.05) is 12.1 Å².